The summed E-state index contributed by atoms with van der Waals surface area (Å²) in [5, 5.41) is 0. The first-order valence-electron chi connectivity index (χ1n) is 4.55. The topological polar surface area (TPSA) is 57.6 Å². The maximum Gasteiger partial charge on any atom is 0.264 e. The Hall–Kier alpha value is -0.810. The molecule has 0 aliphatic carbocycles. The van der Waals surface area contributed by atoms with Crippen molar-refractivity contribution in [1.82, 2.24) is 4.90 Å². The predicted octanol–water partition coefficient (Wildman–Crippen LogP) is 1.04. The highest BCUT2D eigenvalue weighted by molar-refractivity contribution is 7.85. The fraction of sp³-hybridized carbons (Fsp3) is 0.556. The van der Waals surface area contributed by atoms with E-state index in [1.807, 2.05) is 36.3 Å². The van der Waals surface area contributed by atoms with Gasteiger partial charge in [-0.3, -0.25) is 4.55 Å². The van der Waals surface area contributed by atoms with Crippen LogP contribution in [0.5, 0.6) is 0 Å². The number of rotatable bonds is 4. The quantitative estimate of drug-likeness (QED) is 0.715. The van der Waals surface area contributed by atoms with Gasteiger partial charge in [0.1, 0.15) is 0 Å². The zero-order valence-corrected chi connectivity index (χ0v) is 8.94. The average Bonchev–Trinajstić information content (AvgIpc) is 2.06. The SMILES string of the molecule is CC1C=CC=CN1CCCS(=O)(=O)O. The van der Waals surface area contributed by atoms with Gasteiger partial charge < -0.3 is 4.90 Å². The Kier molecular flexibility index (Phi) is 3.71. The Morgan fingerprint density at radius 2 is 2.14 bits per heavy atom. The molecule has 1 atom stereocenters. The first kappa shape index (κ1) is 11.3. The van der Waals surface area contributed by atoms with Crippen molar-refractivity contribution in [3.8, 4) is 0 Å². The smallest absolute Gasteiger partial charge is 0.264 e. The highest BCUT2D eigenvalue weighted by atomic mass is 32.2. The van der Waals surface area contributed by atoms with Gasteiger partial charge >= 0.3 is 0 Å². The highest BCUT2D eigenvalue weighted by Gasteiger charge is 2.10. The third-order valence-electron chi connectivity index (χ3n) is 2.12. The van der Waals surface area contributed by atoms with Crippen molar-refractivity contribution in [3.63, 3.8) is 0 Å². The van der Waals surface area contributed by atoms with Crippen molar-refractivity contribution in [2.24, 2.45) is 0 Å². The molecule has 14 heavy (non-hydrogen) atoms. The lowest BCUT2D eigenvalue weighted by atomic mass is 10.2. The molecule has 1 N–H and O–H groups in total. The predicted molar refractivity (Wildman–Crippen MR) is 55.5 cm³/mol. The van der Waals surface area contributed by atoms with E-state index in [2.05, 4.69) is 0 Å². The van der Waals surface area contributed by atoms with E-state index in [-0.39, 0.29) is 5.75 Å². The summed E-state index contributed by atoms with van der Waals surface area (Å²) in [6.45, 7) is 2.68. The lowest BCUT2D eigenvalue weighted by molar-refractivity contribution is 0.331. The van der Waals surface area contributed by atoms with Crippen LogP contribution in [0.15, 0.2) is 24.4 Å². The Morgan fingerprint density at radius 3 is 2.71 bits per heavy atom. The molecule has 0 aromatic heterocycles. The van der Waals surface area contributed by atoms with Crippen molar-refractivity contribution in [2.45, 2.75) is 19.4 Å². The van der Waals surface area contributed by atoms with E-state index in [1.54, 1.807) is 0 Å². The van der Waals surface area contributed by atoms with Gasteiger partial charge in [0.2, 0.25) is 0 Å². The molecule has 0 saturated heterocycles. The summed E-state index contributed by atoms with van der Waals surface area (Å²) in [6.07, 6.45) is 8.28. The summed E-state index contributed by atoms with van der Waals surface area (Å²) in [5.74, 6) is -0.173. The van der Waals surface area contributed by atoms with E-state index >= 15 is 0 Å². The molecule has 1 aliphatic rings. The Morgan fingerprint density at radius 1 is 1.43 bits per heavy atom. The summed E-state index contributed by atoms with van der Waals surface area (Å²) in [5.41, 5.74) is 0. The summed E-state index contributed by atoms with van der Waals surface area (Å²) in [7, 11) is -3.81. The summed E-state index contributed by atoms with van der Waals surface area (Å²) >= 11 is 0. The molecule has 1 unspecified atom stereocenters. The lowest BCUT2D eigenvalue weighted by Crippen LogP contribution is -2.29. The monoisotopic (exact) mass is 217 g/mol. The van der Waals surface area contributed by atoms with Gasteiger partial charge in [0, 0.05) is 12.6 Å². The van der Waals surface area contributed by atoms with Gasteiger partial charge in [-0.1, -0.05) is 12.2 Å². The first-order valence-corrected chi connectivity index (χ1v) is 6.16. The van der Waals surface area contributed by atoms with Gasteiger partial charge in [0.05, 0.1) is 5.75 Å². The molecule has 80 valence electrons. The Labute approximate surface area is 84.7 Å². The summed E-state index contributed by atoms with van der Waals surface area (Å²) in [6, 6.07) is 0.293. The highest BCUT2D eigenvalue weighted by Crippen LogP contribution is 2.08. The minimum atomic E-state index is -3.81. The molecular formula is C9H15NO3S. The second kappa shape index (κ2) is 4.61. The summed E-state index contributed by atoms with van der Waals surface area (Å²) in [4.78, 5) is 2.03. The zero-order chi connectivity index (χ0) is 10.6. The Balaban J connectivity index is 2.32. The van der Waals surface area contributed by atoms with Crippen LogP contribution >= 0.6 is 0 Å². The normalized spacial score (nSPS) is 21.6. The molecule has 0 spiro atoms. The Bertz CT molecular complexity index is 332. The third kappa shape index (κ3) is 3.93. The second-order valence-corrected chi connectivity index (χ2v) is 4.92. The molecule has 4 nitrogen and oxygen atoms in total. The van der Waals surface area contributed by atoms with Crippen LogP contribution in [-0.2, 0) is 10.1 Å². The minimum absolute atomic E-state index is 0.173. The van der Waals surface area contributed by atoms with E-state index < -0.39 is 10.1 Å². The maximum atomic E-state index is 10.5. The largest absolute Gasteiger partial charge is 0.371 e. The van der Waals surface area contributed by atoms with Crippen molar-refractivity contribution in [2.75, 3.05) is 12.3 Å². The van der Waals surface area contributed by atoms with Crippen LogP contribution in [0.3, 0.4) is 0 Å². The van der Waals surface area contributed by atoms with Crippen molar-refractivity contribution in [1.29, 1.82) is 0 Å². The first-order chi connectivity index (χ1) is 6.49. The maximum absolute atomic E-state index is 10.5. The molecule has 0 radical (unpaired) electrons. The zero-order valence-electron chi connectivity index (χ0n) is 8.13. The lowest BCUT2D eigenvalue weighted by Gasteiger charge is -2.27. The molecule has 0 amide bonds. The van der Waals surface area contributed by atoms with Gasteiger partial charge in [-0.25, -0.2) is 0 Å². The van der Waals surface area contributed by atoms with E-state index in [4.69, 9.17) is 4.55 Å². The van der Waals surface area contributed by atoms with Crippen LogP contribution in [0.1, 0.15) is 13.3 Å². The van der Waals surface area contributed by atoms with Crippen molar-refractivity contribution in [3.05, 3.63) is 24.4 Å². The van der Waals surface area contributed by atoms with Gasteiger partial charge in [0.25, 0.3) is 10.1 Å². The van der Waals surface area contributed by atoms with E-state index in [0.29, 0.717) is 19.0 Å². The van der Waals surface area contributed by atoms with Crippen LogP contribution in [0.25, 0.3) is 0 Å². The molecule has 1 aliphatic heterocycles. The van der Waals surface area contributed by atoms with Crippen LogP contribution in [0.2, 0.25) is 0 Å². The number of hydrogen-bond donors (Lipinski definition) is 1. The molecule has 1 heterocycles. The van der Waals surface area contributed by atoms with Gasteiger partial charge in [-0.2, -0.15) is 8.42 Å². The van der Waals surface area contributed by atoms with E-state index in [1.165, 1.54) is 0 Å². The van der Waals surface area contributed by atoms with E-state index in [9.17, 15) is 8.42 Å². The molecular weight excluding hydrogens is 202 g/mol. The molecule has 0 aromatic rings. The van der Waals surface area contributed by atoms with Gasteiger partial charge in [-0.15, -0.1) is 0 Å². The molecule has 5 heteroatoms. The minimum Gasteiger partial charge on any atom is -0.371 e. The third-order valence-corrected chi connectivity index (χ3v) is 2.92. The summed E-state index contributed by atoms with van der Waals surface area (Å²) < 4.78 is 29.5. The standard InChI is InChI=1S/C9H15NO3S/c1-9-5-2-3-6-10(9)7-4-8-14(11,12)13/h2-3,5-6,9H,4,7-8H2,1H3,(H,11,12,13). The molecule has 0 saturated carbocycles. The fourth-order valence-electron chi connectivity index (χ4n) is 1.34. The van der Waals surface area contributed by atoms with Gasteiger partial charge in [0.15, 0.2) is 0 Å². The van der Waals surface area contributed by atoms with Crippen molar-refractivity contribution < 1.29 is 13.0 Å². The number of hydrogen-bond acceptors (Lipinski definition) is 3. The van der Waals surface area contributed by atoms with Crippen molar-refractivity contribution >= 4 is 10.1 Å². The fourth-order valence-corrected chi connectivity index (χ4v) is 1.83. The van der Waals surface area contributed by atoms with Crippen LogP contribution in [-0.4, -0.2) is 36.2 Å². The van der Waals surface area contributed by atoms with Crippen LogP contribution < -0.4 is 0 Å². The van der Waals surface area contributed by atoms with E-state index in [0.717, 1.165) is 0 Å². The van der Waals surface area contributed by atoms with Crippen LogP contribution in [0, 0.1) is 0 Å². The number of nitrogens with zero attached hydrogens (tertiary/aromatic N) is 1. The molecule has 0 fully saturated rings. The number of allylic oxidation sites excluding steroid dienone is 2. The van der Waals surface area contributed by atoms with Gasteiger partial charge in [-0.05, 0) is 25.6 Å². The molecule has 0 bridgehead atoms. The molecule has 0 aromatic carbocycles. The molecule has 1 rings (SSSR count). The average molecular weight is 217 g/mol. The van der Waals surface area contributed by atoms with Crippen LogP contribution in [0.4, 0.5) is 0 Å². The second-order valence-electron chi connectivity index (χ2n) is 3.34.